The van der Waals surface area contributed by atoms with Crippen molar-refractivity contribution in [2.24, 2.45) is 0 Å². The zero-order valence-electron chi connectivity index (χ0n) is 22.5. The first-order chi connectivity index (χ1) is 19.1. The normalized spacial score (nSPS) is 15.8. The van der Waals surface area contributed by atoms with Crippen LogP contribution in [0.25, 0.3) is 20.8 Å². The van der Waals surface area contributed by atoms with E-state index in [1.54, 1.807) is 6.92 Å². The van der Waals surface area contributed by atoms with Crippen molar-refractivity contribution in [3.63, 3.8) is 0 Å². The van der Waals surface area contributed by atoms with Crippen LogP contribution in [0.4, 0.5) is 5.13 Å². The van der Waals surface area contributed by atoms with E-state index in [1.807, 2.05) is 78.9 Å². The van der Waals surface area contributed by atoms with E-state index < -0.39 is 23.5 Å². The van der Waals surface area contributed by atoms with E-state index in [0.717, 1.165) is 26.9 Å². The van der Waals surface area contributed by atoms with Crippen LogP contribution in [0.5, 0.6) is 0 Å². The molecular weight excluding hydrogens is 539 g/mol. The summed E-state index contributed by atoms with van der Waals surface area (Å²) in [6.45, 7) is 8.17. The van der Waals surface area contributed by atoms with Crippen molar-refractivity contribution in [2.75, 3.05) is 4.90 Å². The molecule has 6 rings (SSSR count). The van der Waals surface area contributed by atoms with Crippen LogP contribution in [0, 0.1) is 6.92 Å². The molecule has 3 heterocycles. The Morgan fingerprint density at radius 2 is 1.57 bits per heavy atom. The van der Waals surface area contributed by atoms with Crippen LogP contribution in [0.3, 0.4) is 0 Å². The number of para-hydroxylation sites is 1. The van der Waals surface area contributed by atoms with Gasteiger partial charge in [0.05, 0.1) is 32.4 Å². The Kier molecular flexibility index (Phi) is 6.40. The Morgan fingerprint density at radius 3 is 2.25 bits per heavy atom. The number of amides is 1. The summed E-state index contributed by atoms with van der Waals surface area (Å²) in [5.74, 6) is -1.60. The van der Waals surface area contributed by atoms with Gasteiger partial charge in [-0.25, -0.2) is 9.97 Å². The molecule has 0 aliphatic carbocycles. The molecule has 0 spiro atoms. The number of benzene rings is 3. The highest BCUT2D eigenvalue weighted by Crippen LogP contribution is 2.45. The number of aryl methyl sites for hydroxylation is 1. The number of nitrogens with zero attached hydrogens (tertiary/aromatic N) is 3. The number of carbonyl (C=O) groups excluding carboxylic acids is 2. The molecular formula is C32H27N3O3S2. The molecule has 40 heavy (non-hydrogen) atoms. The van der Waals surface area contributed by atoms with E-state index in [2.05, 4.69) is 25.8 Å². The first-order valence-electron chi connectivity index (χ1n) is 12.9. The lowest BCUT2D eigenvalue weighted by Gasteiger charge is -2.26. The Morgan fingerprint density at radius 1 is 0.900 bits per heavy atom. The maximum absolute atomic E-state index is 14.2. The summed E-state index contributed by atoms with van der Waals surface area (Å²) in [6, 6.07) is 24.3. The molecule has 1 aliphatic rings. The van der Waals surface area contributed by atoms with E-state index >= 15 is 0 Å². The van der Waals surface area contributed by atoms with Crippen molar-refractivity contribution in [1.82, 2.24) is 9.97 Å². The zero-order valence-corrected chi connectivity index (χ0v) is 24.1. The summed E-state index contributed by atoms with van der Waals surface area (Å²) in [5.41, 5.74) is 4.03. The maximum atomic E-state index is 14.2. The third-order valence-electron chi connectivity index (χ3n) is 7.06. The molecule has 0 radical (unpaired) electrons. The van der Waals surface area contributed by atoms with E-state index in [-0.39, 0.29) is 11.0 Å². The fraction of sp³-hybridized carbons (Fsp3) is 0.188. The molecule has 2 aromatic heterocycles. The summed E-state index contributed by atoms with van der Waals surface area (Å²) in [7, 11) is 0. The highest BCUT2D eigenvalue weighted by atomic mass is 32.1. The van der Waals surface area contributed by atoms with E-state index in [4.69, 9.17) is 4.98 Å². The van der Waals surface area contributed by atoms with Crippen LogP contribution in [0.2, 0.25) is 0 Å². The number of ketones is 1. The molecule has 1 unspecified atom stereocenters. The van der Waals surface area contributed by atoms with Gasteiger partial charge in [-0.2, -0.15) is 0 Å². The molecule has 1 amide bonds. The minimum absolute atomic E-state index is 0.0409. The number of rotatable bonds is 5. The molecule has 3 aromatic carbocycles. The lowest BCUT2D eigenvalue weighted by atomic mass is 9.85. The largest absolute Gasteiger partial charge is 0.503 e. The summed E-state index contributed by atoms with van der Waals surface area (Å²) < 4.78 is 0.914. The van der Waals surface area contributed by atoms with Crippen molar-refractivity contribution in [2.45, 2.75) is 39.2 Å². The number of Topliss-reactive ketones (excluding diaryl/α,β-unsaturated/α-hetero) is 1. The molecule has 1 atom stereocenters. The molecule has 0 saturated carbocycles. The zero-order chi connectivity index (χ0) is 28.2. The second-order valence-electron chi connectivity index (χ2n) is 10.8. The number of thiazole rings is 2. The van der Waals surface area contributed by atoms with E-state index in [9.17, 15) is 14.7 Å². The first-order valence-corrected chi connectivity index (χ1v) is 14.6. The number of aliphatic hydroxyl groups is 1. The average molecular weight is 566 g/mol. The van der Waals surface area contributed by atoms with Gasteiger partial charge in [0.1, 0.15) is 5.01 Å². The standard InChI is InChI=1S/C32H27N3O3S2/c1-18-28(40-29(33-18)20-10-6-5-7-11-20)26(36)24-25(19-14-16-21(17-15-19)32(2,3)4)35(30(38)27(24)37)31-34-22-12-8-9-13-23(22)39-31/h5-17,25,37H,1-4H3. The number of anilines is 1. The van der Waals surface area contributed by atoms with E-state index in [0.29, 0.717) is 20.7 Å². The predicted octanol–water partition coefficient (Wildman–Crippen LogP) is 7.81. The quantitative estimate of drug-likeness (QED) is 0.220. The summed E-state index contributed by atoms with van der Waals surface area (Å²) in [5, 5.41) is 12.4. The SMILES string of the molecule is Cc1nc(-c2ccccc2)sc1C(=O)C1=C(O)C(=O)N(c2nc3ccccc3s2)C1c1ccc(C(C)(C)C)cc1. The second-order valence-corrected chi connectivity index (χ2v) is 12.8. The van der Waals surface area contributed by atoms with Gasteiger partial charge >= 0.3 is 0 Å². The molecule has 0 bridgehead atoms. The third kappa shape index (κ3) is 4.43. The van der Waals surface area contributed by atoms with Crippen LogP contribution in [0.1, 0.15) is 53.3 Å². The number of aliphatic hydroxyl groups excluding tert-OH is 1. The Hall–Kier alpha value is -4.14. The van der Waals surface area contributed by atoms with Gasteiger partial charge in [0.15, 0.2) is 10.9 Å². The van der Waals surface area contributed by atoms with Crippen LogP contribution in [-0.4, -0.2) is 26.8 Å². The molecule has 5 aromatic rings. The minimum atomic E-state index is -0.837. The molecule has 8 heteroatoms. The topological polar surface area (TPSA) is 83.4 Å². The van der Waals surface area contributed by atoms with Gasteiger partial charge in [-0.05, 0) is 35.6 Å². The maximum Gasteiger partial charge on any atom is 0.296 e. The number of aromatic nitrogens is 2. The smallest absolute Gasteiger partial charge is 0.296 e. The molecule has 0 fully saturated rings. The van der Waals surface area contributed by atoms with Crippen LogP contribution >= 0.6 is 22.7 Å². The number of carbonyl (C=O) groups is 2. The highest BCUT2D eigenvalue weighted by molar-refractivity contribution is 7.22. The van der Waals surface area contributed by atoms with Gasteiger partial charge < -0.3 is 5.11 Å². The van der Waals surface area contributed by atoms with Gasteiger partial charge in [0.2, 0.25) is 5.78 Å². The van der Waals surface area contributed by atoms with Gasteiger partial charge in [-0.3, -0.25) is 14.5 Å². The Labute approximate surface area is 240 Å². The Bertz CT molecular complexity index is 1760. The minimum Gasteiger partial charge on any atom is -0.503 e. The summed E-state index contributed by atoms with van der Waals surface area (Å²) in [4.78, 5) is 39.1. The third-order valence-corrected chi connectivity index (χ3v) is 9.30. The molecule has 1 aliphatic heterocycles. The van der Waals surface area contributed by atoms with Crippen LogP contribution < -0.4 is 4.90 Å². The van der Waals surface area contributed by atoms with Crippen molar-refractivity contribution >= 4 is 49.7 Å². The summed E-state index contributed by atoms with van der Waals surface area (Å²) >= 11 is 2.62. The molecule has 0 saturated heterocycles. The fourth-order valence-corrected chi connectivity index (χ4v) is 6.93. The van der Waals surface area contributed by atoms with Crippen molar-refractivity contribution in [3.8, 4) is 10.6 Å². The molecule has 6 nitrogen and oxygen atoms in total. The molecule has 200 valence electrons. The molecule has 1 N–H and O–H groups in total. The summed E-state index contributed by atoms with van der Waals surface area (Å²) in [6.07, 6.45) is 0. The van der Waals surface area contributed by atoms with Gasteiger partial charge in [0.25, 0.3) is 5.91 Å². The van der Waals surface area contributed by atoms with E-state index in [1.165, 1.54) is 27.6 Å². The second kappa shape index (κ2) is 9.80. The predicted molar refractivity (Wildman–Crippen MR) is 161 cm³/mol. The number of hydrogen-bond donors (Lipinski definition) is 1. The fourth-order valence-electron chi connectivity index (χ4n) is 4.91. The highest BCUT2D eigenvalue weighted by Gasteiger charge is 2.46. The van der Waals surface area contributed by atoms with Crippen molar-refractivity contribution in [3.05, 3.63) is 112 Å². The van der Waals surface area contributed by atoms with Crippen molar-refractivity contribution in [1.29, 1.82) is 0 Å². The number of fused-ring (bicyclic) bond motifs is 1. The monoisotopic (exact) mass is 565 g/mol. The van der Waals surface area contributed by atoms with Crippen molar-refractivity contribution < 1.29 is 14.7 Å². The number of hydrogen-bond acceptors (Lipinski definition) is 7. The lowest BCUT2D eigenvalue weighted by molar-refractivity contribution is -0.117. The first kappa shape index (κ1) is 26.1. The van der Waals surface area contributed by atoms with Crippen LogP contribution in [-0.2, 0) is 10.2 Å². The van der Waals surface area contributed by atoms with Crippen LogP contribution in [0.15, 0.2) is 90.2 Å². The Balaban J connectivity index is 1.48. The lowest BCUT2D eigenvalue weighted by Crippen LogP contribution is -2.31. The van der Waals surface area contributed by atoms with Gasteiger partial charge in [0, 0.05) is 5.56 Å². The van der Waals surface area contributed by atoms with Gasteiger partial charge in [-0.15, -0.1) is 11.3 Å². The average Bonchev–Trinajstić information content (AvgIpc) is 3.62. The van der Waals surface area contributed by atoms with Gasteiger partial charge in [-0.1, -0.05) is 98.8 Å².